The van der Waals surface area contributed by atoms with Gasteiger partial charge in [-0.3, -0.25) is 0 Å². The van der Waals surface area contributed by atoms with Gasteiger partial charge in [0.2, 0.25) is 0 Å². The Morgan fingerprint density at radius 3 is 2.79 bits per heavy atom. The summed E-state index contributed by atoms with van der Waals surface area (Å²) >= 11 is 6.20. The number of aromatic nitrogens is 2. The van der Waals surface area contributed by atoms with Crippen molar-refractivity contribution >= 4 is 17.4 Å². The van der Waals surface area contributed by atoms with Crippen LogP contribution in [0.2, 0.25) is 5.02 Å². The lowest BCUT2D eigenvalue weighted by Crippen LogP contribution is -2.06. The maximum atomic E-state index is 6.20. The second-order valence-electron chi connectivity index (χ2n) is 4.28. The van der Waals surface area contributed by atoms with Crippen molar-refractivity contribution in [3.63, 3.8) is 0 Å². The first-order valence-corrected chi connectivity index (χ1v) is 6.60. The molecule has 1 heterocycles. The minimum atomic E-state index is 0.429. The summed E-state index contributed by atoms with van der Waals surface area (Å²) in [5.41, 5.74) is 7.72. The fourth-order valence-electron chi connectivity index (χ4n) is 2.05. The van der Waals surface area contributed by atoms with Crippen LogP contribution >= 0.6 is 11.6 Å². The number of terminal acetylenes is 1. The molecule has 0 unspecified atom stereocenters. The molecule has 0 saturated heterocycles. The first kappa shape index (κ1) is 13.5. The largest absolute Gasteiger partial charge is 0.383 e. The topological polar surface area (TPSA) is 43.8 Å². The van der Waals surface area contributed by atoms with Gasteiger partial charge >= 0.3 is 0 Å². The van der Waals surface area contributed by atoms with Crippen molar-refractivity contribution in [3.05, 3.63) is 35.1 Å². The Kier molecular flexibility index (Phi) is 4.13. The van der Waals surface area contributed by atoms with Crippen LogP contribution in [0.1, 0.15) is 19.2 Å². The maximum Gasteiger partial charge on any atom is 0.132 e. The highest BCUT2D eigenvalue weighted by atomic mass is 35.5. The number of nitrogens with two attached hydrogens (primary N) is 1. The van der Waals surface area contributed by atoms with Crippen molar-refractivity contribution in [1.82, 2.24) is 9.55 Å². The van der Waals surface area contributed by atoms with Crippen LogP contribution in [0.4, 0.5) is 5.82 Å². The normalized spacial score (nSPS) is 10.4. The number of halogens is 1. The van der Waals surface area contributed by atoms with Gasteiger partial charge in [-0.15, -0.1) is 6.42 Å². The number of imidazole rings is 1. The lowest BCUT2D eigenvalue weighted by molar-refractivity contribution is 0.733. The second kappa shape index (κ2) is 5.81. The first-order chi connectivity index (χ1) is 9.19. The van der Waals surface area contributed by atoms with Crippen LogP contribution in [0.3, 0.4) is 0 Å². The molecule has 0 bridgehead atoms. The predicted octanol–water partition coefficient (Wildman–Crippen LogP) is 3.37. The van der Waals surface area contributed by atoms with Gasteiger partial charge in [0, 0.05) is 12.0 Å². The van der Waals surface area contributed by atoms with E-state index in [1.165, 1.54) is 0 Å². The highest BCUT2D eigenvalue weighted by Crippen LogP contribution is 2.32. The third-order valence-electron chi connectivity index (χ3n) is 2.94. The molecule has 19 heavy (non-hydrogen) atoms. The van der Waals surface area contributed by atoms with Crippen LogP contribution in [0.5, 0.6) is 0 Å². The van der Waals surface area contributed by atoms with Gasteiger partial charge in [-0.1, -0.05) is 42.6 Å². The van der Waals surface area contributed by atoms with Gasteiger partial charge in [0.15, 0.2) is 0 Å². The van der Waals surface area contributed by atoms with E-state index in [-0.39, 0.29) is 0 Å². The molecule has 0 atom stereocenters. The van der Waals surface area contributed by atoms with Crippen molar-refractivity contribution in [2.24, 2.45) is 0 Å². The molecule has 0 aliphatic heterocycles. The van der Waals surface area contributed by atoms with Gasteiger partial charge in [-0.25, -0.2) is 4.98 Å². The molecule has 0 fully saturated rings. The predicted molar refractivity (Wildman–Crippen MR) is 79.9 cm³/mol. The second-order valence-corrected chi connectivity index (χ2v) is 4.69. The summed E-state index contributed by atoms with van der Waals surface area (Å²) in [5.74, 6) is 4.10. The van der Waals surface area contributed by atoms with Crippen LogP contribution in [-0.2, 0) is 13.0 Å². The third-order valence-corrected chi connectivity index (χ3v) is 3.27. The molecular weight excluding hydrogens is 258 g/mol. The zero-order chi connectivity index (χ0) is 13.8. The Morgan fingerprint density at radius 1 is 1.42 bits per heavy atom. The fraction of sp³-hybridized carbons (Fsp3) is 0.267. The number of benzene rings is 1. The van der Waals surface area contributed by atoms with E-state index in [1.54, 1.807) is 0 Å². The lowest BCUT2D eigenvalue weighted by Gasteiger charge is -2.05. The number of aryl methyl sites for hydroxylation is 1. The molecule has 2 N–H and O–H groups in total. The summed E-state index contributed by atoms with van der Waals surface area (Å²) in [4.78, 5) is 4.61. The van der Waals surface area contributed by atoms with Gasteiger partial charge < -0.3 is 10.3 Å². The molecule has 2 rings (SSSR count). The Morgan fingerprint density at radius 2 is 2.16 bits per heavy atom. The molecule has 98 valence electrons. The Labute approximate surface area is 118 Å². The smallest absolute Gasteiger partial charge is 0.132 e. The summed E-state index contributed by atoms with van der Waals surface area (Å²) in [7, 11) is 0. The number of hydrogen-bond acceptors (Lipinski definition) is 2. The molecule has 0 aliphatic rings. The highest BCUT2D eigenvalue weighted by molar-refractivity contribution is 6.33. The summed E-state index contributed by atoms with van der Waals surface area (Å²) < 4.78 is 1.88. The van der Waals surface area contributed by atoms with Crippen molar-refractivity contribution in [2.45, 2.75) is 26.3 Å². The summed E-state index contributed by atoms with van der Waals surface area (Å²) in [5, 5.41) is 0.641. The molecule has 0 amide bonds. The van der Waals surface area contributed by atoms with Gasteiger partial charge in [0.1, 0.15) is 17.3 Å². The summed E-state index contributed by atoms with van der Waals surface area (Å²) in [6.07, 6.45) is 7.22. The minimum absolute atomic E-state index is 0.429. The molecule has 0 radical (unpaired) electrons. The number of nitrogens with zero attached hydrogens (tertiary/aromatic N) is 2. The molecular formula is C15H16ClN3. The average molecular weight is 274 g/mol. The molecule has 0 saturated carbocycles. The fourth-order valence-corrected chi connectivity index (χ4v) is 2.27. The number of anilines is 1. The van der Waals surface area contributed by atoms with Crippen LogP contribution in [-0.4, -0.2) is 9.55 Å². The monoisotopic (exact) mass is 273 g/mol. The van der Waals surface area contributed by atoms with E-state index in [4.69, 9.17) is 23.8 Å². The molecule has 1 aromatic carbocycles. The highest BCUT2D eigenvalue weighted by Gasteiger charge is 2.16. The first-order valence-electron chi connectivity index (χ1n) is 6.22. The van der Waals surface area contributed by atoms with Crippen molar-refractivity contribution < 1.29 is 0 Å². The van der Waals surface area contributed by atoms with Crippen LogP contribution < -0.4 is 5.73 Å². The van der Waals surface area contributed by atoms with Gasteiger partial charge in [0.25, 0.3) is 0 Å². The Balaban J connectivity index is 2.56. The zero-order valence-electron chi connectivity index (χ0n) is 10.9. The van der Waals surface area contributed by atoms with Crippen LogP contribution in [0, 0.1) is 12.3 Å². The van der Waals surface area contributed by atoms with Crippen LogP contribution in [0.15, 0.2) is 24.3 Å². The maximum absolute atomic E-state index is 6.20. The van der Waals surface area contributed by atoms with Crippen molar-refractivity contribution in [1.29, 1.82) is 0 Å². The van der Waals surface area contributed by atoms with Gasteiger partial charge in [-0.2, -0.15) is 0 Å². The van der Waals surface area contributed by atoms with E-state index in [1.807, 2.05) is 28.8 Å². The Hall–Kier alpha value is -1.92. The zero-order valence-corrected chi connectivity index (χ0v) is 11.6. The molecule has 4 heteroatoms. The summed E-state index contributed by atoms with van der Waals surface area (Å²) in [6.45, 7) is 2.53. The minimum Gasteiger partial charge on any atom is -0.383 e. The van der Waals surface area contributed by atoms with Gasteiger partial charge in [-0.05, 0) is 12.5 Å². The van der Waals surface area contributed by atoms with E-state index in [0.717, 1.165) is 24.2 Å². The van der Waals surface area contributed by atoms with E-state index in [0.29, 0.717) is 23.1 Å². The van der Waals surface area contributed by atoms with Gasteiger partial charge in [0.05, 0.1) is 11.6 Å². The van der Waals surface area contributed by atoms with Crippen molar-refractivity contribution in [2.75, 3.05) is 5.73 Å². The quantitative estimate of drug-likeness (QED) is 0.868. The molecule has 0 spiro atoms. The van der Waals surface area contributed by atoms with E-state index < -0.39 is 0 Å². The van der Waals surface area contributed by atoms with Crippen molar-refractivity contribution in [3.8, 4) is 23.6 Å². The van der Waals surface area contributed by atoms with E-state index in [2.05, 4.69) is 17.8 Å². The lowest BCUT2D eigenvalue weighted by atomic mass is 10.1. The SMILES string of the molecule is C#CCn1c(CCC)nc(-c2ccccc2Cl)c1N. The summed E-state index contributed by atoms with van der Waals surface area (Å²) in [6, 6.07) is 7.54. The van der Waals surface area contributed by atoms with Crippen LogP contribution in [0.25, 0.3) is 11.3 Å². The number of rotatable bonds is 4. The molecule has 0 aliphatic carbocycles. The van der Waals surface area contributed by atoms with E-state index in [9.17, 15) is 0 Å². The number of hydrogen-bond donors (Lipinski definition) is 1. The van der Waals surface area contributed by atoms with E-state index >= 15 is 0 Å². The number of nitrogen functional groups attached to an aromatic ring is 1. The Bertz CT molecular complexity index is 623. The average Bonchev–Trinajstić information content (AvgIpc) is 2.69. The molecule has 1 aromatic heterocycles. The molecule has 3 nitrogen and oxygen atoms in total. The third kappa shape index (κ3) is 2.59. The standard InChI is InChI=1S/C15H16ClN3/c1-3-7-13-18-14(15(17)19(13)10-4-2)11-8-5-6-9-12(11)16/h2,5-6,8-9H,3,7,10,17H2,1H3. The molecule has 2 aromatic rings.